The summed E-state index contributed by atoms with van der Waals surface area (Å²) < 4.78 is 0. The summed E-state index contributed by atoms with van der Waals surface area (Å²) >= 11 is 0. The molecule has 0 aliphatic carbocycles. The molecule has 1 saturated heterocycles. The summed E-state index contributed by atoms with van der Waals surface area (Å²) in [7, 11) is 2.23. The molecule has 0 aromatic heterocycles. The lowest BCUT2D eigenvalue weighted by Crippen LogP contribution is -2.51. The minimum atomic E-state index is -0.0311. The Balaban J connectivity index is 2.36. The zero-order valence-electron chi connectivity index (χ0n) is 11.5. The summed E-state index contributed by atoms with van der Waals surface area (Å²) in [6.45, 7) is 11.3. The third kappa shape index (κ3) is 4.04. The number of hydrogen-bond acceptors (Lipinski definition) is 3. The van der Waals surface area contributed by atoms with Crippen LogP contribution < -0.4 is 5.73 Å². The van der Waals surface area contributed by atoms with E-state index in [4.69, 9.17) is 5.73 Å². The van der Waals surface area contributed by atoms with Crippen molar-refractivity contribution in [2.24, 2.45) is 5.73 Å². The van der Waals surface area contributed by atoms with Crippen LogP contribution in [0.3, 0.4) is 0 Å². The average molecular weight is 227 g/mol. The van der Waals surface area contributed by atoms with Gasteiger partial charge in [0.2, 0.25) is 0 Å². The van der Waals surface area contributed by atoms with Gasteiger partial charge in [0, 0.05) is 18.1 Å². The fourth-order valence-corrected chi connectivity index (χ4v) is 2.49. The molecule has 0 aromatic rings. The van der Waals surface area contributed by atoms with Crippen molar-refractivity contribution in [3.05, 3.63) is 0 Å². The van der Waals surface area contributed by atoms with Gasteiger partial charge >= 0.3 is 0 Å². The highest BCUT2D eigenvalue weighted by Gasteiger charge is 2.25. The second-order valence-corrected chi connectivity index (χ2v) is 5.59. The molecular formula is C13H29N3. The van der Waals surface area contributed by atoms with E-state index >= 15 is 0 Å². The molecule has 0 amide bonds. The Bertz CT molecular complexity index is 195. The quantitative estimate of drug-likeness (QED) is 0.773. The lowest BCUT2D eigenvalue weighted by atomic mass is 9.97. The normalized spacial score (nSPS) is 23.6. The van der Waals surface area contributed by atoms with E-state index in [2.05, 4.69) is 37.6 Å². The number of hydrogen-bond donors (Lipinski definition) is 1. The fraction of sp³-hybridized carbons (Fsp3) is 1.00. The Morgan fingerprint density at radius 1 is 1.31 bits per heavy atom. The molecule has 1 aliphatic heterocycles. The maximum atomic E-state index is 6.22. The Morgan fingerprint density at radius 3 is 2.31 bits per heavy atom. The van der Waals surface area contributed by atoms with Gasteiger partial charge in [-0.05, 0) is 52.9 Å². The summed E-state index contributed by atoms with van der Waals surface area (Å²) in [4.78, 5) is 5.00. The van der Waals surface area contributed by atoms with Crippen LogP contribution in [-0.2, 0) is 0 Å². The topological polar surface area (TPSA) is 32.5 Å². The standard InChI is InChI=1S/C13H29N3/c1-5-13(3,14)11-15(4)12-7-9-16(6-2)10-8-12/h12H,5-11,14H2,1-4H3. The fourth-order valence-electron chi connectivity index (χ4n) is 2.49. The molecule has 0 aromatic carbocycles. The predicted molar refractivity (Wildman–Crippen MR) is 70.6 cm³/mol. The second kappa shape index (κ2) is 5.99. The van der Waals surface area contributed by atoms with E-state index in [1.54, 1.807) is 0 Å². The highest BCUT2D eigenvalue weighted by Crippen LogP contribution is 2.17. The molecule has 1 atom stereocenters. The first-order valence-corrected chi connectivity index (χ1v) is 6.70. The lowest BCUT2D eigenvalue weighted by molar-refractivity contribution is 0.113. The molecule has 3 nitrogen and oxygen atoms in total. The van der Waals surface area contributed by atoms with Crippen LogP contribution in [0, 0.1) is 0 Å². The zero-order chi connectivity index (χ0) is 12.2. The molecule has 0 bridgehead atoms. The molecule has 0 spiro atoms. The second-order valence-electron chi connectivity index (χ2n) is 5.59. The highest BCUT2D eigenvalue weighted by molar-refractivity contribution is 4.85. The van der Waals surface area contributed by atoms with Crippen LogP contribution in [0.5, 0.6) is 0 Å². The van der Waals surface area contributed by atoms with Gasteiger partial charge in [-0.1, -0.05) is 13.8 Å². The van der Waals surface area contributed by atoms with Crippen LogP contribution in [0.25, 0.3) is 0 Å². The number of nitrogens with zero attached hydrogens (tertiary/aromatic N) is 2. The van der Waals surface area contributed by atoms with Gasteiger partial charge in [-0.2, -0.15) is 0 Å². The first-order valence-electron chi connectivity index (χ1n) is 6.70. The van der Waals surface area contributed by atoms with Crippen LogP contribution in [0.1, 0.15) is 40.0 Å². The van der Waals surface area contributed by atoms with E-state index in [1.165, 1.54) is 32.5 Å². The van der Waals surface area contributed by atoms with Crippen LogP contribution in [-0.4, -0.2) is 54.6 Å². The summed E-state index contributed by atoms with van der Waals surface area (Å²) in [5.41, 5.74) is 6.19. The molecule has 1 aliphatic rings. The molecule has 2 N–H and O–H groups in total. The molecule has 1 heterocycles. The first-order chi connectivity index (χ1) is 7.48. The van der Waals surface area contributed by atoms with Gasteiger partial charge in [0.15, 0.2) is 0 Å². The van der Waals surface area contributed by atoms with Gasteiger partial charge in [-0.3, -0.25) is 0 Å². The van der Waals surface area contributed by atoms with Crippen molar-refractivity contribution in [1.82, 2.24) is 9.80 Å². The van der Waals surface area contributed by atoms with E-state index in [9.17, 15) is 0 Å². The third-order valence-corrected chi connectivity index (χ3v) is 4.05. The van der Waals surface area contributed by atoms with Crippen LogP contribution >= 0.6 is 0 Å². The van der Waals surface area contributed by atoms with Gasteiger partial charge in [-0.25, -0.2) is 0 Å². The summed E-state index contributed by atoms with van der Waals surface area (Å²) in [6, 6.07) is 0.734. The van der Waals surface area contributed by atoms with Gasteiger partial charge in [0.05, 0.1) is 0 Å². The van der Waals surface area contributed by atoms with Crippen molar-refractivity contribution in [2.45, 2.75) is 51.6 Å². The Labute approximate surface area is 101 Å². The zero-order valence-corrected chi connectivity index (χ0v) is 11.5. The minimum Gasteiger partial charge on any atom is -0.324 e. The van der Waals surface area contributed by atoms with Crippen molar-refractivity contribution in [1.29, 1.82) is 0 Å². The van der Waals surface area contributed by atoms with Crippen LogP contribution in [0.4, 0.5) is 0 Å². The number of likely N-dealkylation sites (N-methyl/N-ethyl adjacent to an activating group) is 1. The Hall–Kier alpha value is -0.120. The van der Waals surface area contributed by atoms with Gasteiger partial charge in [0.1, 0.15) is 0 Å². The maximum Gasteiger partial charge on any atom is 0.0252 e. The molecule has 16 heavy (non-hydrogen) atoms. The molecule has 1 unspecified atom stereocenters. The predicted octanol–water partition coefficient (Wildman–Crippen LogP) is 1.53. The SMILES string of the molecule is CCN1CCC(N(C)CC(C)(N)CC)CC1. The number of nitrogens with two attached hydrogens (primary N) is 1. The third-order valence-electron chi connectivity index (χ3n) is 4.05. The summed E-state index contributed by atoms with van der Waals surface area (Å²) in [5.74, 6) is 0. The van der Waals surface area contributed by atoms with E-state index < -0.39 is 0 Å². The largest absolute Gasteiger partial charge is 0.324 e. The van der Waals surface area contributed by atoms with Crippen molar-refractivity contribution >= 4 is 0 Å². The van der Waals surface area contributed by atoms with E-state index in [1.807, 2.05) is 0 Å². The minimum absolute atomic E-state index is 0.0311. The molecule has 1 rings (SSSR count). The van der Waals surface area contributed by atoms with Crippen LogP contribution in [0.15, 0.2) is 0 Å². The van der Waals surface area contributed by atoms with Crippen molar-refractivity contribution < 1.29 is 0 Å². The maximum absolute atomic E-state index is 6.22. The Kier molecular flexibility index (Phi) is 5.22. The van der Waals surface area contributed by atoms with Crippen molar-refractivity contribution in [2.75, 3.05) is 33.2 Å². The van der Waals surface area contributed by atoms with Gasteiger partial charge in [0.25, 0.3) is 0 Å². The monoisotopic (exact) mass is 227 g/mol. The number of rotatable bonds is 5. The summed E-state index contributed by atoms with van der Waals surface area (Å²) in [6.07, 6.45) is 3.64. The summed E-state index contributed by atoms with van der Waals surface area (Å²) in [5, 5.41) is 0. The smallest absolute Gasteiger partial charge is 0.0252 e. The molecule has 0 radical (unpaired) electrons. The van der Waals surface area contributed by atoms with Gasteiger partial charge in [-0.15, -0.1) is 0 Å². The average Bonchev–Trinajstić information content (AvgIpc) is 2.28. The molecule has 96 valence electrons. The van der Waals surface area contributed by atoms with Crippen molar-refractivity contribution in [3.63, 3.8) is 0 Å². The van der Waals surface area contributed by atoms with E-state index in [0.29, 0.717) is 0 Å². The molecule has 3 heteroatoms. The van der Waals surface area contributed by atoms with Gasteiger partial charge < -0.3 is 15.5 Å². The van der Waals surface area contributed by atoms with E-state index in [0.717, 1.165) is 19.0 Å². The molecular weight excluding hydrogens is 198 g/mol. The Morgan fingerprint density at radius 2 is 1.88 bits per heavy atom. The number of likely N-dealkylation sites (tertiary alicyclic amines) is 1. The lowest BCUT2D eigenvalue weighted by Gasteiger charge is -2.39. The number of piperidine rings is 1. The highest BCUT2D eigenvalue weighted by atomic mass is 15.2. The van der Waals surface area contributed by atoms with E-state index in [-0.39, 0.29) is 5.54 Å². The van der Waals surface area contributed by atoms with Crippen molar-refractivity contribution in [3.8, 4) is 0 Å². The first kappa shape index (κ1) is 13.9. The molecule has 0 saturated carbocycles. The van der Waals surface area contributed by atoms with Crippen LogP contribution in [0.2, 0.25) is 0 Å². The molecule has 1 fully saturated rings.